The molecule has 0 aliphatic heterocycles. The average Bonchev–Trinajstić information content (AvgIpc) is 3.28. The molecule has 2 aliphatic carbocycles. The lowest BCUT2D eigenvalue weighted by molar-refractivity contribution is -0.120. The summed E-state index contributed by atoms with van der Waals surface area (Å²) in [5.74, 6) is 1.66. The van der Waals surface area contributed by atoms with E-state index < -0.39 is 0 Å². The third kappa shape index (κ3) is 3.67. The van der Waals surface area contributed by atoms with E-state index in [2.05, 4.69) is 20.3 Å². The molecule has 1 amide bonds. The summed E-state index contributed by atoms with van der Waals surface area (Å²) < 4.78 is 19.9. The molecule has 5 rings (SSSR count). The number of nitrogens with zero attached hydrogens (tertiary/aromatic N) is 4. The Labute approximate surface area is 178 Å². The SMILES string of the molecule is CC(C(=O)Nc1cnc(C#N)cn1)[C@H]1[C@@H]2C[C@H](Oc3ccnc4ccc(F)cc34)C[C@@H]21. The van der Waals surface area contributed by atoms with Gasteiger partial charge in [-0.3, -0.25) is 9.78 Å². The normalized spacial score (nSPS) is 24.8. The molecule has 2 aliphatic rings. The van der Waals surface area contributed by atoms with Crippen LogP contribution in [0.15, 0.2) is 42.9 Å². The molecule has 2 heterocycles. The van der Waals surface area contributed by atoms with Gasteiger partial charge in [-0.15, -0.1) is 0 Å². The highest BCUT2D eigenvalue weighted by molar-refractivity contribution is 5.91. The number of hydrogen-bond donors (Lipinski definition) is 1. The Hall–Kier alpha value is -3.60. The van der Waals surface area contributed by atoms with Crippen LogP contribution in [0, 0.1) is 40.8 Å². The number of aromatic nitrogens is 3. The molecular formula is C23H20FN5O2. The molecule has 0 spiro atoms. The summed E-state index contributed by atoms with van der Waals surface area (Å²) >= 11 is 0. The van der Waals surface area contributed by atoms with Gasteiger partial charge < -0.3 is 10.1 Å². The second kappa shape index (κ2) is 7.58. The van der Waals surface area contributed by atoms with E-state index >= 15 is 0 Å². The molecular weight excluding hydrogens is 397 g/mol. The number of benzene rings is 1. The molecule has 31 heavy (non-hydrogen) atoms. The van der Waals surface area contributed by atoms with Crippen LogP contribution in [0.25, 0.3) is 10.9 Å². The minimum atomic E-state index is -0.313. The zero-order valence-electron chi connectivity index (χ0n) is 16.8. The first-order chi connectivity index (χ1) is 15.0. The van der Waals surface area contributed by atoms with Gasteiger partial charge in [-0.05, 0) is 54.9 Å². The fraction of sp³-hybridized carbons (Fsp3) is 0.348. The first kappa shape index (κ1) is 19.4. The van der Waals surface area contributed by atoms with Gasteiger partial charge in [0.15, 0.2) is 11.5 Å². The molecule has 1 aromatic carbocycles. The third-order valence-corrected chi connectivity index (χ3v) is 6.43. The fourth-order valence-electron chi connectivity index (χ4n) is 4.92. The Kier molecular flexibility index (Phi) is 4.74. The van der Waals surface area contributed by atoms with Crippen molar-refractivity contribution in [3.05, 3.63) is 54.4 Å². The van der Waals surface area contributed by atoms with Crippen molar-refractivity contribution < 1.29 is 13.9 Å². The first-order valence-corrected chi connectivity index (χ1v) is 10.3. The van der Waals surface area contributed by atoms with Crippen LogP contribution in [0.2, 0.25) is 0 Å². The van der Waals surface area contributed by atoms with Crippen molar-refractivity contribution in [2.24, 2.45) is 23.7 Å². The zero-order chi connectivity index (χ0) is 21.5. The molecule has 0 radical (unpaired) electrons. The predicted molar refractivity (Wildman–Crippen MR) is 110 cm³/mol. The van der Waals surface area contributed by atoms with Crippen LogP contribution in [0.1, 0.15) is 25.5 Å². The summed E-state index contributed by atoms with van der Waals surface area (Å²) in [6.45, 7) is 1.93. The lowest BCUT2D eigenvalue weighted by Crippen LogP contribution is -2.26. The molecule has 3 aromatic rings. The lowest BCUT2D eigenvalue weighted by Gasteiger charge is -2.20. The summed E-state index contributed by atoms with van der Waals surface area (Å²) in [5, 5.41) is 12.2. The summed E-state index contributed by atoms with van der Waals surface area (Å²) in [5.41, 5.74) is 0.912. The number of hydrogen-bond acceptors (Lipinski definition) is 6. The quantitative estimate of drug-likeness (QED) is 0.679. The van der Waals surface area contributed by atoms with E-state index in [0.717, 1.165) is 12.8 Å². The zero-order valence-corrected chi connectivity index (χ0v) is 16.8. The predicted octanol–water partition coefficient (Wildman–Crippen LogP) is 3.71. The van der Waals surface area contributed by atoms with Crippen molar-refractivity contribution in [3.63, 3.8) is 0 Å². The number of halogens is 1. The number of nitrogens with one attached hydrogen (secondary N) is 1. The number of anilines is 1. The molecule has 2 saturated carbocycles. The van der Waals surface area contributed by atoms with E-state index in [1.807, 2.05) is 13.0 Å². The van der Waals surface area contributed by atoms with E-state index in [1.54, 1.807) is 18.3 Å². The first-order valence-electron chi connectivity index (χ1n) is 10.3. The number of amides is 1. The maximum absolute atomic E-state index is 13.7. The molecule has 7 nitrogen and oxygen atoms in total. The summed E-state index contributed by atoms with van der Waals surface area (Å²) in [6, 6.07) is 8.17. The second-order valence-corrected chi connectivity index (χ2v) is 8.26. The van der Waals surface area contributed by atoms with Gasteiger partial charge in [0.1, 0.15) is 17.6 Å². The van der Waals surface area contributed by atoms with Crippen LogP contribution < -0.4 is 10.1 Å². The van der Waals surface area contributed by atoms with Crippen molar-refractivity contribution in [2.45, 2.75) is 25.9 Å². The number of nitriles is 1. The Bertz CT molecular complexity index is 1180. The number of ether oxygens (including phenoxy) is 1. The van der Waals surface area contributed by atoms with Gasteiger partial charge in [-0.25, -0.2) is 14.4 Å². The molecule has 156 valence electrons. The van der Waals surface area contributed by atoms with Crippen molar-refractivity contribution >= 4 is 22.6 Å². The number of pyridine rings is 1. The molecule has 5 atom stereocenters. The molecule has 2 fully saturated rings. The van der Waals surface area contributed by atoms with Crippen molar-refractivity contribution in [2.75, 3.05) is 5.32 Å². The molecule has 1 unspecified atom stereocenters. The van der Waals surface area contributed by atoms with E-state index in [9.17, 15) is 9.18 Å². The number of fused-ring (bicyclic) bond motifs is 2. The van der Waals surface area contributed by atoms with Crippen molar-refractivity contribution in [1.82, 2.24) is 15.0 Å². The summed E-state index contributed by atoms with van der Waals surface area (Å²) in [4.78, 5) is 24.8. The van der Waals surface area contributed by atoms with E-state index in [0.29, 0.717) is 40.2 Å². The highest BCUT2D eigenvalue weighted by atomic mass is 19.1. The topological polar surface area (TPSA) is 101 Å². The average molecular weight is 417 g/mol. The Morgan fingerprint density at radius 3 is 2.74 bits per heavy atom. The minimum absolute atomic E-state index is 0.0553. The lowest BCUT2D eigenvalue weighted by atomic mass is 9.97. The van der Waals surface area contributed by atoms with Gasteiger partial charge in [-0.1, -0.05) is 6.92 Å². The van der Waals surface area contributed by atoms with Gasteiger partial charge >= 0.3 is 0 Å². The van der Waals surface area contributed by atoms with Crippen molar-refractivity contribution in [3.8, 4) is 11.8 Å². The van der Waals surface area contributed by atoms with E-state index in [1.165, 1.54) is 24.5 Å². The maximum Gasteiger partial charge on any atom is 0.228 e. The fourth-order valence-corrected chi connectivity index (χ4v) is 4.92. The monoisotopic (exact) mass is 417 g/mol. The largest absolute Gasteiger partial charge is 0.490 e. The maximum atomic E-state index is 13.7. The highest BCUT2D eigenvalue weighted by Crippen LogP contribution is 2.61. The van der Waals surface area contributed by atoms with Gasteiger partial charge in [0.05, 0.1) is 24.0 Å². The Morgan fingerprint density at radius 2 is 2.03 bits per heavy atom. The smallest absolute Gasteiger partial charge is 0.228 e. The Morgan fingerprint density at radius 1 is 1.23 bits per heavy atom. The molecule has 1 N–H and O–H groups in total. The Balaban J connectivity index is 1.19. The van der Waals surface area contributed by atoms with Crippen LogP contribution in [-0.2, 0) is 4.79 Å². The van der Waals surface area contributed by atoms with Crippen LogP contribution >= 0.6 is 0 Å². The molecule has 2 aromatic heterocycles. The van der Waals surface area contributed by atoms with Crippen molar-refractivity contribution in [1.29, 1.82) is 5.26 Å². The van der Waals surface area contributed by atoms with Crippen LogP contribution in [0.4, 0.5) is 10.2 Å². The van der Waals surface area contributed by atoms with E-state index in [4.69, 9.17) is 10.00 Å². The van der Waals surface area contributed by atoms with Gasteiger partial charge in [0.2, 0.25) is 5.91 Å². The standard InChI is InChI=1S/C23H20FN5O2/c1-12(23(30)29-21-11-27-14(9-25)10-28-21)22-16-7-15(8-17(16)22)31-20-4-5-26-19-3-2-13(24)6-18(19)20/h2-6,10-12,15-17,22H,7-8H2,1H3,(H,28,29,30)/t12?,15-,16+,17-,22-. The number of rotatable bonds is 5. The molecule has 8 heteroatoms. The van der Waals surface area contributed by atoms with Crippen LogP contribution in [0.3, 0.4) is 0 Å². The van der Waals surface area contributed by atoms with Gasteiger partial charge in [0.25, 0.3) is 0 Å². The summed E-state index contributed by atoms with van der Waals surface area (Å²) in [7, 11) is 0. The minimum Gasteiger partial charge on any atom is -0.490 e. The number of carbonyl (C=O) groups is 1. The van der Waals surface area contributed by atoms with E-state index in [-0.39, 0.29) is 29.4 Å². The van der Waals surface area contributed by atoms with Gasteiger partial charge in [0, 0.05) is 17.5 Å². The van der Waals surface area contributed by atoms with Crippen LogP contribution in [0.5, 0.6) is 5.75 Å². The van der Waals surface area contributed by atoms with Crippen LogP contribution in [-0.4, -0.2) is 27.0 Å². The third-order valence-electron chi connectivity index (χ3n) is 6.43. The number of carbonyl (C=O) groups excluding carboxylic acids is 1. The second-order valence-electron chi connectivity index (χ2n) is 8.26. The molecule has 0 bridgehead atoms. The highest BCUT2D eigenvalue weighted by Gasteiger charge is 2.59. The summed E-state index contributed by atoms with van der Waals surface area (Å²) in [6.07, 6.45) is 6.21. The molecule has 0 saturated heterocycles. The van der Waals surface area contributed by atoms with Gasteiger partial charge in [-0.2, -0.15) is 5.26 Å².